The molecule has 0 unspecified atom stereocenters. The summed E-state index contributed by atoms with van der Waals surface area (Å²) >= 11 is 12.0. The molecule has 1 heterocycles. The van der Waals surface area contributed by atoms with E-state index in [2.05, 4.69) is 5.32 Å². The number of ether oxygens (including phenoxy) is 2. The van der Waals surface area contributed by atoms with Crippen LogP contribution in [0.1, 0.15) is 5.56 Å². The zero-order valence-electron chi connectivity index (χ0n) is 10.3. The Labute approximate surface area is 125 Å². The highest BCUT2D eigenvalue weighted by molar-refractivity contribution is 6.35. The van der Waals surface area contributed by atoms with Crippen LogP contribution in [0.4, 0.5) is 5.69 Å². The van der Waals surface area contributed by atoms with E-state index in [1.165, 1.54) is 0 Å². The Morgan fingerprint density at radius 3 is 2.65 bits per heavy atom. The number of anilines is 1. The maximum atomic E-state index is 9.94. The smallest absolute Gasteiger partial charge is 0.231 e. The van der Waals surface area contributed by atoms with Gasteiger partial charge in [-0.15, -0.1) is 0 Å². The van der Waals surface area contributed by atoms with Gasteiger partial charge in [-0.05, 0) is 24.3 Å². The average molecular weight is 312 g/mol. The highest BCUT2D eigenvalue weighted by atomic mass is 35.5. The molecule has 1 aliphatic heterocycles. The van der Waals surface area contributed by atoms with Gasteiger partial charge in [-0.2, -0.15) is 0 Å². The van der Waals surface area contributed by atoms with Crippen LogP contribution >= 0.6 is 23.2 Å². The number of aromatic hydroxyl groups is 1. The Balaban J connectivity index is 1.80. The molecule has 1 aliphatic rings. The number of fused-ring (bicyclic) bond motifs is 1. The van der Waals surface area contributed by atoms with Crippen molar-refractivity contribution in [1.29, 1.82) is 0 Å². The van der Waals surface area contributed by atoms with Gasteiger partial charge in [0.05, 0.1) is 10.7 Å². The Hall–Kier alpha value is -1.78. The van der Waals surface area contributed by atoms with E-state index in [0.29, 0.717) is 39.3 Å². The van der Waals surface area contributed by atoms with Crippen molar-refractivity contribution in [2.45, 2.75) is 6.54 Å². The first-order chi connectivity index (χ1) is 9.63. The van der Waals surface area contributed by atoms with E-state index in [-0.39, 0.29) is 12.5 Å². The molecule has 104 valence electrons. The van der Waals surface area contributed by atoms with Crippen LogP contribution in [0.2, 0.25) is 10.0 Å². The van der Waals surface area contributed by atoms with Crippen molar-refractivity contribution in [3.8, 4) is 17.2 Å². The lowest BCUT2D eigenvalue weighted by molar-refractivity contribution is 0.174. The van der Waals surface area contributed by atoms with Crippen molar-refractivity contribution in [2.24, 2.45) is 0 Å². The zero-order valence-corrected chi connectivity index (χ0v) is 11.8. The minimum absolute atomic E-state index is 0.139. The van der Waals surface area contributed by atoms with E-state index in [4.69, 9.17) is 32.7 Å². The van der Waals surface area contributed by atoms with Gasteiger partial charge in [0.25, 0.3) is 0 Å². The van der Waals surface area contributed by atoms with Crippen LogP contribution in [-0.4, -0.2) is 11.9 Å². The van der Waals surface area contributed by atoms with Crippen LogP contribution in [0.3, 0.4) is 0 Å². The lowest BCUT2D eigenvalue weighted by Gasteiger charge is -2.11. The van der Waals surface area contributed by atoms with E-state index < -0.39 is 0 Å². The first kappa shape index (κ1) is 13.2. The first-order valence-corrected chi connectivity index (χ1v) is 6.69. The van der Waals surface area contributed by atoms with Crippen LogP contribution in [-0.2, 0) is 6.54 Å². The molecule has 0 amide bonds. The second-order valence-electron chi connectivity index (χ2n) is 4.31. The number of halogens is 2. The summed E-state index contributed by atoms with van der Waals surface area (Å²) in [6.07, 6.45) is 0. The number of benzene rings is 2. The molecule has 0 bridgehead atoms. The summed E-state index contributed by atoms with van der Waals surface area (Å²) in [5.41, 5.74) is 1.39. The number of phenolic OH excluding ortho intramolecular Hbond substituents is 1. The molecule has 2 aromatic carbocycles. The van der Waals surface area contributed by atoms with Crippen LogP contribution in [0.5, 0.6) is 17.2 Å². The number of hydrogen-bond donors (Lipinski definition) is 2. The second-order valence-corrected chi connectivity index (χ2v) is 5.16. The predicted molar refractivity (Wildman–Crippen MR) is 78.0 cm³/mol. The quantitative estimate of drug-likeness (QED) is 0.898. The Morgan fingerprint density at radius 1 is 1.10 bits per heavy atom. The summed E-state index contributed by atoms with van der Waals surface area (Å²) in [5.74, 6) is 1.31. The maximum absolute atomic E-state index is 9.94. The van der Waals surface area contributed by atoms with Crippen molar-refractivity contribution in [1.82, 2.24) is 0 Å². The Morgan fingerprint density at radius 2 is 1.85 bits per heavy atom. The molecule has 2 N–H and O–H groups in total. The van der Waals surface area contributed by atoms with Crippen LogP contribution in [0.15, 0.2) is 30.3 Å². The van der Waals surface area contributed by atoms with Gasteiger partial charge in [0, 0.05) is 23.2 Å². The molecule has 0 saturated carbocycles. The molecule has 0 aromatic heterocycles. The fourth-order valence-corrected chi connectivity index (χ4v) is 2.29. The van der Waals surface area contributed by atoms with Crippen molar-refractivity contribution in [3.05, 3.63) is 45.9 Å². The first-order valence-electron chi connectivity index (χ1n) is 5.94. The lowest BCUT2D eigenvalue weighted by atomic mass is 10.1. The van der Waals surface area contributed by atoms with E-state index >= 15 is 0 Å². The minimum Gasteiger partial charge on any atom is -0.507 e. The molecule has 6 heteroatoms. The normalized spacial score (nSPS) is 12.5. The van der Waals surface area contributed by atoms with Crippen LogP contribution in [0, 0.1) is 0 Å². The summed E-state index contributed by atoms with van der Waals surface area (Å²) in [7, 11) is 0. The maximum Gasteiger partial charge on any atom is 0.231 e. The topological polar surface area (TPSA) is 50.7 Å². The fourth-order valence-electron chi connectivity index (χ4n) is 1.94. The highest BCUT2D eigenvalue weighted by Gasteiger charge is 2.17. The summed E-state index contributed by atoms with van der Waals surface area (Å²) in [5, 5.41) is 14.2. The number of nitrogens with one attached hydrogen (secondary N) is 1. The summed E-state index contributed by atoms with van der Waals surface area (Å²) in [6.45, 7) is 0.564. The van der Waals surface area contributed by atoms with Crippen molar-refractivity contribution < 1.29 is 14.6 Å². The van der Waals surface area contributed by atoms with Gasteiger partial charge in [0.1, 0.15) is 5.75 Å². The molecule has 0 radical (unpaired) electrons. The molecule has 3 rings (SSSR count). The monoisotopic (exact) mass is 311 g/mol. The van der Waals surface area contributed by atoms with E-state index in [1.807, 2.05) is 0 Å². The zero-order chi connectivity index (χ0) is 14.1. The number of hydrogen-bond acceptors (Lipinski definition) is 4. The van der Waals surface area contributed by atoms with E-state index in [1.54, 1.807) is 30.3 Å². The molecule has 20 heavy (non-hydrogen) atoms. The summed E-state index contributed by atoms with van der Waals surface area (Å²) in [4.78, 5) is 0. The summed E-state index contributed by atoms with van der Waals surface area (Å²) < 4.78 is 10.5. The van der Waals surface area contributed by atoms with Gasteiger partial charge in [0.2, 0.25) is 6.79 Å². The third-order valence-electron chi connectivity index (χ3n) is 2.97. The third-order valence-corrected chi connectivity index (χ3v) is 3.54. The van der Waals surface area contributed by atoms with Gasteiger partial charge < -0.3 is 19.9 Å². The van der Waals surface area contributed by atoms with Gasteiger partial charge in [-0.1, -0.05) is 23.2 Å². The van der Waals surface area contributed by atoms with Crippen molar-refractivity contribution >= 4 is 28.9 Å². The molecule has 0 spiro atoms. The molecule has 0 saturated heterocycles. The molecular weight excluding hydrogens is 301 g/mol. The average Bonchev–Trinajstić information content (AvgIpc) is 2.86. The standard InChI is InChI=1S/C14H11Cl2NO3/c15-9-1-2-10(16)11(4-9)17-6-8-3-13-14(5-12(8)18)20-7-19-13/h1-5,17-18H,6-7H2. The summed E-state index contributed by atoms with van der Waals surface area (Å²) in [6, 6.07) is 8.44. The second kappa shape index (κ2) is 5.31. The fraction of sp³-hybridized carbons (Fsp3) is 0.143. The Kier molecular flexibility index (Phi) is 3.51. The van der Waals surface area contributed by atoms with Gasteiger partial charge in [0.15, 0.2) is 11.5 Å². The number of phenols is 1. The van der Waals surface area contributed by atoms with Crippen molar-refractivity contribution in [2.75, 3.05) is 12.1 Å². The van der Waals surface area contributed by atoms with Gasteiger partial charge in [-0.25, -0.2) is 0 Å². The van der Waals surface area contributed by atoms with Gasteiger partial charge >= 0.3 is 0 Å². The highest BCUT2D eigenvalue weighted by Crippen LogP contribution is 2.38. The van der Waals surface area contributed by atoms with Crippen molar-refractivity contribution in [3.63, 3.8) is 0 Å². The Bertz CT molecular complexity index is 661. The molecule has 2 aromatic rings. The number of rotatable bonds is 3. The SMILES string of the molecule is Oc1cc2c(cc1CNc1cc(Cl)ccc1Cl)OCO2. The molecular formula is C14H11Cl2NO3. The molecule has 0 fully saturated rings. The van der Waals surface area contributed by atoms with Crippen LogP contribution < -0.4 is 14.8 Å². The van der Waals surface area contributed by atoms with E-state index in [9.17, 15) is 5.11 Å². The van der Waals surface area contributed by atoms with Crippen LogP contribution in [0.25, 0.3) is 0 Å². The molecule has 0 atom stereocenters. The minimum atomic E-state index is 0.139. The molecule has 4 nitrogen and oxygen atoms in total. The molecule has 0 aliphatic carbocycles. The van der Waals surface area contributed by atoms with Gasteiger partial charge in [-0.3, -0.25) is 0 Å². The van der Waals surface area contributed by atoms with E-state index in [0.717, 1.165) is 0 Å². The predicted octanol–water partition coefficient (Wildman–Crippen LogP) is 4.04. The largest absolute Gasteiger partial charge is 0.507 e. The third kappa shape index (κ3) is 2.57. The lowest BCUT2D eigenvalue weighted by Crippen LogP contribution is -2.00.